The Morgan fingerprint density at radius 3 is 2.23 bits per heavy atom. The molecule has 0 saturated heterocycles. The second-order valence-electron chi connectivity index (χ2n) is 8.72. The quantitative estimate of drug-likeness (QED) is 0.436. The van der Waals surface area contributed by atoms with Gasteiger partial charge in [0, 0.05) is 5.56 Å². The van der Waals surface area contributed by atoms with Gasteiger partial charge < -0.3 is 0 Å². The second-order valence-corrected chi connectivity index (χ2v) is 8.72. The molecule has 2 aromatic rings. The largest absolute Gasteiger partial charge is 0.422 e. The summed E-state index contributed by atoms with van der Waals surface area (Å²) < 4.78 is 81.4. The molecular formula is C24H24F6. The molecule has 0 nitrogen and oxygen atoms in total. The van der Waals surface area contributed by atoms with Crippen molar-refractivity contribution < 1.29 is 26.3 Å². The van der Waals surface area contributed by atoms with E-state index in [-0.39, 0.29) is 17.0 Å². The Morgan fingerprint density at radius 2 is 1.60 bits per heavy atom. The van der Waals surface area contributed by atoms with Crippen molar-refractivity contribution in [1.82, 2.24) is 0 Å². The summed E-state index contributed by atoms with van der Waals surface area (Å²) in [6.45, 7) is 2.19. The third-order valence-corrected chi connectivity index (χ3v) is 6.84. The molecular weight excluding hydrogens is 402 g/mol. The molecule has 4 rings (SSSR count). The summed E-state index contributed by atoms with van der Waals surface area (Å²) in [5.74, 6) is -2.59. The minimum absolute atomic E-state index is 0.0570. The van der Waals surface area contributed by atoms with Gasteiger partial charge in [-0.3, -0.25) is 0 Å². The zero-order valence-electron chi connectivity index (χ0n) is 16.8. The number of halogens is 6. The molecule has 162 valence electrons. The molecule has 2 aliphatic carbocycles. The standard InChI is InChI=1S/C24H24F6/c1-2-3-13-4-7-17-14(8-13)5-6-15-9-19(20(25)12-18(15)17)16-10-21(26)23(22(27)11-16)24(28,29)30/h9-14,17H,2-8H2,1H3/t13-,14-,17+/m1/s1. The van der Waals surface area contributed by atoms with E-state index in [1.165, 1.54) is 12.5 Å². The number of hydrogen-bond acceptors (Lipinski definition) is 0. The van der Waals surface area contributed by atoms with Gasteiger partial charge >= 0.3 is 6.18 Å². The van der Waals surface area contributed by atoms with Crippen molar-refractivity contribution in [2.45, 2.75) is 64.0 Å². The van der Waals surface area contributed by atoms with Gasteiger partial charge in [-0.15, -0.1) is 0 Å². The topological polar surface area (TPSA) is 0 Å². The molecule has 0 radical (unpaired) electrons. The third kappa shape index (κ3) is 3.85. The number of aryl methyl sites for hydroxylation is 1. The van der Waals surface area contributed by atoms with Crippen molar-refractivity contribution in [3.63, 3.8) is 0 Å². The molecule has 3 atom stereocenters. The highest BCUT2D eigenvalue weighted by molar-refractivity contribution is 5.67. The maximum absolute atomic E-state index is 15.0. The van der Waals surface area contributed by atoms with Crippen LogP contribution in [0.4, 0.5) is 26.3 Å². The Labute approximate surface area is 172 Å². The lowest BCUT2D eigenvalue weighted by molar-refractivity contribution is -0.142. The Bertz CT molecular complexity index is 922. The highest BCUT2D eigenvalue weighted by atomic mass is 19.4. The van der Waals surface area contributed by atoms with Gasteiger partial charge in [0.25, 0.3) is 0 Å². The molecule has 2 aliphatic rings. The number of alkyl halides is 3. The van der Waals surface area contributed by atoms with Crippen molar-refractivity contribution in [1.29, 1.82) is 0 Å². The summed E-state index contributed by atoms with van der Waals surface area (Å²) in [4.78, 5) is 0. The van der Waals surface area contributed by atoms with E-state index in [1.54, 1.807) is 6.07 Å². The predicted molar refractivity (Wildman–Crippen MR) is 104 cm³/mol. The molecule has 0 amide bonds. The van der Waals surface area contributed by atoms with Crippen LogP contribution < -0.4 is 0 Å². The lowest BCUT2D eigenvalue weighted by atomic mass is 9.64. The Balaban J connectivity index is 1.68. The van der Waals surface area contributed by atoms with Crippen LogP contribution in [-0.2, 0) is 12.6 Å². The van der Waals surface area contributed by atoms with E-state index in [2.05, 4.69) is 6.92 Å². The normalized spacial score (nSPS) is 23.8. The van der Waals surface area contributed by atoms with Gasteiger partial charge in [0.05, 0.1) is 0 Å². The minimum Gasteiger partial charge on any atom is -0.206 e. The van der Waals surface area contributed by atoms with Gasteiger partial charge in [-0.25, -0.2) is 13.2 Å². The van der Waals surface area contributed by atoms with Crippen LogP contribution in [0.2, 0.25) is 0 Å². The fraction of sp³-hybridized carbons (Fsp3) is 0.500. The number of fused-ring (bicyclic) bond motifs is 3. The fourth-order valence-corrected chi connectivity index (χ4v) is 5.52. The molecule has 0 aromatic heterocycles. The molecule has 0 spiro atoms. The van der Waals surface area contributed by atoms with Crippen molar-refractivity contribution in [2.24, 2.45) is 11.8 Å². The van der Waals surface area contributed by atoms with Crippen molar-refractivity contribution in [3.8, 4) is 11.1 Å². The third-order valence-electron chi connectivity index (χ3n) is 6.84. The smallest absolute Gasteiger partial charge is 0.206 e. The molecule has 0 bridgehead atoms. The predicted octanol–water partition coefficient (Wildman–Crippen LogP) is 8.04. The summed E-state index contributed by atoms with van der Waals surface area (Å²) in [7, 11) is 0. The van der Waals surface area contributed by atoms with E-state index < -0.39 is 29.2 Å². The first kappa shape index (κ1) is 21.3. The number of hydrogen-bond donors (Lipinski definition) is 0. The molecule has 30 heavy (non-hydrogen) atoms. The second kappa shape index (κ2) is 7.93. The molecule has 2 aromatic carbocycles. The summed E-state index contributed by atoms with van der Waals surface area (Å²) >= 11 is 0. The molecule has 1 saturated carbocycles. The van der Waals surface area contributed by atoms with Gasteiger partial charge in [0.1, 0.15) is 23.0 Å². The number of benzene rings is 2. The molecule has 0 unspecified atom stereocenters. The van der Waals surface area contributed by atoms with Crippen molar-refractivity contribution >= 4 is 0 Å². The highest BCUT2D eigenvalue weighted by Gasteiger charge is 2.39. The monoisotopic (exact) mass is 426 g/mol. The van der Waals surface area contributed by atoms with Gasteiger partial charge in [-0.1, -0.05) is 19.8 Å². The van der Waals surface area contributed by atoms with E-state index in [0.29, 0.717) is 18.1 Å². The summed E-state index contributed by atoms with van der Waals surface area (Å²) in [5, 5.41) is 0. The number of rotatable bonds is 3. The van der Waals surface area contributed by atoms with Crippen LogP contribution in [0.5, 0.6) is 0 Å². The maximum atomic E-state index is 15.0. The average molecular weight is 426 g/mol. The minimum atomic E-state index is -5.15. The van der Waals surface area contributed by atoms with Gasteiger partial charge in [-0.2, -0.15) is 13.2 Å². The summed E-state index contributed by atoms with van der Waals surface area (Å²) in [6.07, 6.45) is 2.24. The fourth-order valence-electron chi connectivity index (χ4n) is 5.52. The van der Waals surface area contributed by atoms with Crippen LogP contribution in [0, 0.1) is 29.3 Å². The first-order chi connectivity index (χ1) is 14.2. The Hall–Kier alpha value is -1.98. The molecule has 0 aliphatic heterocycles. The van der Waals surface area contributed by atoms with E-state index >= 15 is 0 Å². The maximum Gasteiger partial charge on any atom is 0.422 e. The zero-order valence-corrected chi connectivity index (χ0v) is 16.8. The van der Waals surface area contributed by atoms with Crippen molar-refractivity contribution in [2.75, 3.05) is 0 Å². The van der Waals surface area contributed by atoms with Crippen LogP contribution in [0.15, 0.2) is 24.3 Å². The van der Waals surface area contributed by atoms with E-state index in [9.17, 15) is 26.3 Å². The van der Waals surface area contributed by atoms with Gasteiger partial charge in [0.2, 0.25) is 0 Å². The summed E-state index contributed by atoms with van der Waals surface area (Å²) in [5.41, 5.74) is -0.334. The van der Waals surface area contributed by atoms with Crippen LogP contribution in [0.1, 0.15) is 68.1 Å². The average Bonchev–Trinajstić information content (AvgIpc) is 2.65. The first-order valence-corrected chi connectivity index (χ1v) is 10.6. The highest BCUT2D eigenvalue weighted by Crippen LogP contribution is 2.49. The van der Waals surface area contributed by atoms with Crippen LogP contribution in [0.25, 0.3) is 11.1 Å². The van der Waals surface area contributed by atoms with E-state index in [0.717, 1.165) is 55.6 Å². The van der Waals surface area contributed by atoms with E-state index in [1.807, 2.05) is 0 Å². The van der Waals surface area contributed by atoms with Crippen LogP contribution in [-0.4, -0.2) is 0 Å². The molecule has 6 heteroatoms. The molecule has 0 heterocycles. The Kier molecular flexibility index (Phi) is 5.62. The Morgan fingerprint density at radius 1 is 0.900 bits per heavy atom. The first-order valence-electron chi connectivity index (χ1n) is 10.6. The summed E-state index contributed by atoms with van der Waals surface area (Å²) in [6, 6.07) is 4.15. The van der Waals surface area contributed by atoms with Gasteiger partial charge in [-0.05, 0) is 90.8 Å². The van der Waals surface area contributed by atoms with Gasteiger partial charge in [0.15, 0.2) is 0 Å². The van der Waals surface area contributed by atoms with Crippen LogP contribution in [0.3, 0.4) is 0 Å². The van der Waals surface area contributed by atoms with Crippen LogP contribution >= 0.6 is 0 Å². The molecule has 0 N–H and O–H groups in total. The molecule has 1 fully saturated rings. The SMILES string of the molecule is CCC[C@@H]1CC[C@@H]2c3cc(F)c(-c4cc(F)c(C(F)(F)F)c(F)c4)cc3CC[C@@H]2C1. The lowest BCUT2D eigenvalue weighted by Gasteiger charge is -2.41. The lowest BCUT2D eigenvalue weighted by Crippen LogP contribution is -2.28. The van der Waals surface area contributed by atoms with E-state index in [4.69, 9.17) is 0 Å². The van der Waals surface area contributed by atoms with Crippen molar-refractivity contribution in [3.05, 3.63) is 58.4 Å². The zero-order chi connectivity index (χ0) is 21.6.